The van der Waals surface area contributed by atoms with Crippen molar-refractivity contribution in [3.63, 3.8) is 0 Å². The Bertz CT molecular complexity index is 737. The summed E-state index contributed by atoms with van der Waals surface area (Å²) in [4.78, 5) is 14.5. The summed E-state index contributed by atoms with van der Waals surface area (Å²) in [6.45, 7) is 12.2. The summed E-state index contributed by atoms with van der Waals surface area (Å²) in [7, 11) is 4.05. The lowest BCUT2D eigenvalue weighted by Gasteiger charge is -2.28. The van der Waals surface area contributed by atoms with Gasteiger partial charge < -0.3 is 14.7 Å². The lowest BCUT2D eigenvalue weighted by Crippen LogP contribution is -2.40. The third-order valence-electron chi connectivity index (χ3n) is 4.25. The van der Waals surface area contributed by atoms with Gasteiger partial charge in [0.1, 0.15) is 0 Å². The van der Waals surface area contributed by atoms with Crippen LogP contribution in [-0.4, -0.2) is 43.1 Å². The van der Waals surface area contributed by atoms with E-state index in [1.807, 2.05) is 26.2 Å². The Hall–Kier alpha value is -2.14. The second-order valence-electron chi connectivity index (χ2n) is 8.99. The van der Waals surface area contributed by atoms with Gasteiger partial charge in [-0.15, -0.1) is 0 Å². The molecule has 0 saturated heterocycles. The molecule has 0 radical (unpaired) electrons. The van der Waals surface area contributed by atoms with E-state index in [0.717, 1.165) is 12.1 Å². The third kappa shape index (κ3) is 5.43. The minimum atomic E-state index is -0.210. The lowest BCUT2D eigenvalue weighted by atomic mass is 9.86. The number of nitrogens with zero attached hydrogens (tertiary/aromatic N) is 2. The van der Waals surface area contributed by atoms with Crippen molar-refractivity contribution in [1.29, 1.82) is 0 Å². The summed E-state index contributed by atoms with van der Waals surface area (Å²) in [5, 5.41) is 6.88. The van der Waals surface area contributed by atoms with Crippen LogP contribution in [0.1, 0.15) is 50.7 Å². The fraction of sp³-hybridized carbons (Fsp3) is 0.524. The SMILES string of the molecule is CN(C)CC(C)(C)CNC(=O)c1cc(-c2ccc(C(C)(C)C)cc2)on1. The van der Waals surface area contributed by atoms with Gasteiger partial charge in [-0.05, 0) is 30.5 Å². The molecular formula is C21H31N3O2. The maximum absolute atomic E-state index is 12.4. The summed E-state index contributed by atoms with van der Waals surface area (Å²) in [5.74, 6) is 0.390. The van der Waals surface area contributed by atoms with Crippen LogP contribution in [0.15, 0.2) is 34.9 Å². The monoisotopic (exact) mass is 357 g/mol. The van der Waals surface area contributed by atoms with Crippen LogP contribution in [0.5, 0.6) is 0 Å². The van der Waals surface area contributed by atoms with Gasteiger partial charge in [0.25, 0.3) is 5.91 Å². The predicted molar refractivity (Wildman–Crippen MR) is 105 cm³/mol. The van der Waals surface area contributed by atoms with E-state index in [1.165, 1.54) is 5.56 Å². The molecule has 1 amide bonds. The van der Waals surface area contributed by atoms with Crippen LogP contribution in [0, 0.1) is 5.41 Å². The van der Waals surface area contributed by atoms with Crippen molar-refractivity contribution in [1.82, 2.24) is 15.4 Å². The van der Waals surface area contributed by atoms with Crippen LogP contribution in [0.3, 0.4) is 0 Å². The van der Waals surface area contributed by atoms with E-state index in [1.54, 1.807) is 6.07 Å². The largest absolute Gasteiger partial charge is 0.355 e. The quantitative estimate of drug-likeness (QED) is 0.850. The molecule has 0 fully saturated rings. The molecule has 1 heterocycles. The minimum absolute atomic E-state index is 0.0193. The minimum Gasteiger partial charge on any atom is -0.355 e. The summed E-state index contributed by atoms with van der Waals surface area (Å²) >= 11 is 0. The first kappa shape index (κ1) is 20.2. The van der Waals surface area contributed by atoms with Crippen LogP contribution in [0.4, 0.5) is 0 Å². The average molecular weight is 357 g/mol. The Kier molecular flexibility index (Phi) is 5.91. The van der Waals surface area contributed by atoms with E-state index in [2.05, 4.69) is 62.1 Å². The van der Waals surface area contributed by atoms with Crippen molar-refractivity contribution in [2.75, 3.05) is 27.2 Å². The second kappa shape index (κ2) is 7.62. The zero-order valence-corrected chi connectivity index (χ0v) is 17.0. The molecule has 2 aromatic rings. The molecule has 2 rings (SSSR count). The number of aromatic nitrogens is 1. The Morgan fingerprint density at radius 2 is 1.73 bits per heavy atom. The molecular weight excluding hydrogens is 326 g/mol. The second-order valence-corrected chi connectivity index (χ2v) is 8.99. The van der Waals surface area contributed by atoms with Gasteiger partial charge in [0.05, 0.1) is 0 Å². The Morgan fingerprint density at radius 3 is 2.27 bits per heavy atom. The smallest absolute Gasteiger partial charge is 0.273 e. The number of hydrogen-bond donors (Lipinski definition) is 1. The molecule has 0 saturated carbocycles. The Labute approximate surface area is 156 Å². The number of carbonyl (C=O) groups is 1. The Balaban J connectivity index is 2.04. The van der Waals surface area contributed by atoms with Crippen molar-refractivity contribution >= 4 is 5.91 Å². The maximum atomic E-state index is 12.4. The van der Waals surface area contributed by atoms with Gasteiger partial charge in [0, 0.05) is 24.7 Å². The summed E-state index contributed by atoms with van der Waals surface area (Å²) < 4.78 is 5.37. The van der Waals surface area contributed by atoms with Crippen molar-refractivity contribution in [2.24, 2.45) is 5.41 Å². The number of benzene rings is 1. The molecule has 26 heavy (non-hydrogen) atoms. The molecule has 1 aromatic heterocycles. The molecule has 0 bridgehead atoms. The highest BCUT2D eigenvalue weighted by molar-refractivity contribution is 5.93. The lowest BCUT2D eigenvalue weighted by molar-refractivity contribution is 0.0920. The third-order valence-corrected chi connectivity index (χ3v) is 4.25. The van der Waals surface area contributed by atoms with Crippen molar-refractivity contribution in [2.45, 2.75) is 40.0 Å². The van der Waals surface area contributed by atoms with Gasteiger partial charge in [0.2, 0.25) is 0 Å². The summed E-state index contributed by atoms with van der Waals surface area (Å²) in [6, 6.07) is 9.87. The average Bonchev–Trinajstić information content (AvgIpc) is 3.01. The molecule has 0 aliphatic carbocycles. The van der Waals surface area contributed by atoms with Crippen LogP contribution in [-0.2, 0) is 5.41 Å². The van der Waals surface area contributed by atoms with Gasteiger partial charge in [-0.3, -0.25) is 4.79 Å². The van der Waals surface area contributed by atoms with E-state index < -0.39 is 0 Å². The van der Waals surface area contributed by atoms with E-state index in [4.69, 9.17) is 4.52 Å². The first-order chi connectivity index (χ1) is 12.0. The van der Waals surface area contributed by atoms with E-state index >= 15 is 0 Å². The number of amides is 1. The summed E-state index contributed by atoms with van der Waals surface area (Å²) in [5.41, 5.74) is 2.55. The molecule has 1 N–H and O–H groups in total. The summed E-state index contributed by atoms with van der Waals surface area (Å²) in [6.07, 6.45) is 0. The standard InChI is InChI=1S/C21H31N3O2/c1-20(2,3)16-10-8-15(9-11-16)18-12-17(23-26-18)19(25)22-13-21(4,5)14-24(6)7/h8-12H,13-14H2,1-7H3,(H,22,25). The fourth-order valence-electron chi connectivity index (χ4n) is 2.97. The van der Waals surface area contributed by atoms with Gasteiger partial charge >= 0.3 is 0 Å². The van der Waals surface area contributed by atoms with Gasteiger partial charge in [0.15, 0.2) is 11.5 Å². The molecule has 0 spiro atoms. The first-order valence-electron chi connectivity index (χ1n) is 8.98. The van der Waals surface area contributed by atoms with Gasteiger partial charge in [-0.2, -0.15) is 0 Å². The number of carbonyl (C=O) groups excluding carboxylic acids is 1. The molecule has 0 atom stereocenters. The molecule has 5 nitrogen and oxygen atoms in total. The van der Waals surface area contributed by atoms with Crippen molar-refractivity contribution in [3.8, 4) is 11.3 Å². The molecule has 142 valence electrons. The van der Waals surface area contributed by atoms with Gasteiger partial charge in [-0.1, -0.05) is 64.0 Å². The van der Waals surface area contributed by atoms with Crippen LogP contribution >= 0.6 is 0 Å². The van der Waals surface area contributed by atoms with Crippen LogP contribution in [0.2, 0.25) is 0 Å². The van der Waals surface area contributed by atoms with E-state index in [-0.39, 0.29) is 16.7 Å². The van der Waals surface area contributed by atoms with E-state index in [0.29, 0.717) is 18.0 Å². The molecule has 0 unspecified atom stereocenters. The van der Waals surface area contributed by atoms with E-state index in [9.17, 15) is 4.79 Å². The molecule has 0 aliphatic rings. The highest BCUT2D eigenvalue weighted by Crippen LogP contribution is 2.26. The number of nitrogens with one attached hydrogen (secondary N) is 1. The topological polar surface area (TPSA) is 58.4 Å². The number of rotatable bonds is 6. The normalized spacial score (nSPS) is 12.5. The maximum Gasteiger partial charge on any atom is 0.273 e. The van der Waals surface area contributed by atoms with Crippen molar-refractivity contribution < 1.29 is 9.32 Å². The van der Waals surface area contributed by atoms with Gasteiger partial charge in [-0.25, -0.2) is 0 Å². The first-order valence-corrected chi connectivity index (χ1v) is 8.98. The highest BCUT2D eigenvalue weighted by atomic mass is 16.5. The Morgan fingerprint density at radius 1 is 1.12 bits per heavy atom. The molecule has 1 aromatic carbocycles. The fourth-order valence-corrected chi connectivity index (χ4v) is 2.97. The van der Waals surface area contributed by atoms with Crippen LogP contribution in [0.25, 0.3) is 11.3 Å². The van der Waals surface area contributed by atoms with Crippen LogP contribution < -0.4 is 5.32 Å². The zero-order valence-electron chi connectivity index (χ0n) is 17.0. The molecule has 5 heteroatoms. The molecule has 0 aliphatic heterocycles. The zero-order chi connectivity index (χ0) is 19.5. The number of hydrogen-bond acceptors (Lipinski definition) is 4. The van der Waals surface area contributed by atoms with Crippen molar-refractivity contribution in [3.05, 3.63) is 41.6 Å². The highest BCUT2D eigenvalue weighted by Gasteiger charge is 2.22. The predicted octanol–water partition coefficient (Wildman–Crippen LogP) is 3.96.